The molecule has 1 aromatic carbocycles. The first-order valence-corrected chi connectivity index (χ1v) is 4.66. The third kappa shape index (κ3) is 3.56. The predicted molar refractivity (Wildman–Crippen MR) is 58.9 cm³/mol. The largest absolute Gasteiger partial charge is 0.493 e. The number of methoxy groups -OCH3 is 1. The van der Waals surface area contributed by atoms with Gasteiger partial charge in [-0.05, 0) is 12.1 Å². The van der Waals surface area contributed by atoms with Gasteiger partial charge in [0.15, 0.2) is 11.5 Å². The van der Waals surface area contributed by atoms with Gasteiger partial charge in [-0.1, -0.05) is 0 Å². The number of nitrogen functional groups attached to an aromatic ring is 1. The van der Waals surface area contributed by atoms with Crippen molar-refractivity contribution in [1.29, 1.82) is 0 Å². The molecular formula is C10H14N2O4. The number of nitrogens with one attached hydrogen (secondary N) is 1. The van der Waals surface area contributed by atoms with Crippen molar-refractivity contribution in [3.05, 3.63) is 18.2 Å². The van der Waals surface area contributed by atoms with Crippen LogP contribution in [0.15, 0.2) is 18.2 Å². The van der Waals surface area contributed by atoms with Crippen LogP contribution in [0.4, 0.5) is 10.5 Å². The van der Waals surface area contributed by atoms with Gasteiger partial charge in [0.25, 0.3) is 0 Å². The van der Waals surface area contributed by atoms with Crippen LogP contribution < -0.4 is 20.5 Å². The van der Waals surface area contributed by atoms with E-state index in [-0.39, 0.29) is 13.2 Å². The van der Waals surface area contributed by atoms with E-state index in [2.05, 4.69) is 5.32 Å². The zero-order valence-electron chi connectivity index (χ0n) is 8.90. The Bertz CT molecular complexity index is 368. The fraction of sp³-hybridized carbons (Fsp3) is 0.300. The van der Waals surface area contributed by atoms with Gasteiger partial charge in [-0.25, -0.2) is 4.79 Å². The average Bonchev–Trinajstić information content (AvgIpc) is 2.24. The molecule has 0 radical (unpaired) electrons. The van der Waals surface area contributed by atoms with Crippen LogP contribution in [0, 0.1) is 0 Å². The molecule has 0 heterocycles. The molecule has 0 spiro atoms. The van der Waals surface area contributed by atoms with Gasteiger partial charge in [-0.3, -0.25) is 0 Å². The normalized spacial score (nSPS) is 9.56. The summed E-state index contributed by atoms with van der Waals surface area (Å²) in [6.07, 6.45) is -1.08. The molecule has 16 heavy (non-hydrogen) atoms. The Kier molecular flexibility index (Phi) is 4.26. The molecular weight excluding hydrogens is 212 g/mol. The Labute approximate surface area is 93.0 Å². The number of anilines is 1. The summed E-state index contributed by atoms with van der Waals surface area (Å²) in [5, 5.41) is 10.5. The number of carbonyl (C=O) groups is 1. The van der Waals surface area contributed by atoms with E-state index in [0.29, 0.717) is 17.2 Å². The highest BCUT2D eigenvalue weighted by molar-refractivity contribution is 5.64. The fourth-order valence-electron chi connectivity index (χ4n) is 1.13. The smallest absolute Gasteiger partial charge is 0.404 e. The monoisotopic (exact) mass is 226 g/mol. The standard InChI is InChI=1S/C10H14N2O4/c1-15-8-3-2-7(11)6-9(8)16-5-4-12-10(13)14/h2-3,6,12H,4-5,11H2,1H3,(H,13,14). The maximum Gasteiger partial charge on any atom is 0.404 e. The molecule has 0 unspecified atom stereocenters. The van der Waals surface area contributed by atoms with E-state index in [0.717, 1.165) is 0 Å². The number of nitrogens with two attached hydrogens (primary N) is 1. The molecule has 1 aromatic rings. The Morgan fingerprint density at radius 2 is 2.25 bits per heavy atom. The molecule has 0 fully saturated rings. The molecule has 4 N–H and O–H groups in total. The van der Waals surface area contributed by atoms with Crippen molar-refractivity contribution in [2.45, 2.75) is 0 Å². The maximum absolute atomic E-state index is 10.2. The zero-order valence-corrected chi connectivity index (χ0v) is 8.90. The number of hydrogen-bond acceptors (Lipinski definition) is 4. The van der Waals surface area contributed by atoms with Gasteiger partial charge < -0.3 is 25.6 Å². The van der Waals surface area contributed by atoms with Crippen molar-refractivity contribution in [2.24, 2.45) is 0 Å². The van der Waals surface area contributed by atoms with E-state index in [1.807, 2.05) is 0 Å². The number of carboxylic acid groups (broad SMARTS) is 1. The van der Waals surface area contributed by atoms with Gasteiger partial charge in [-0.2, -0.15) is 0 Å². The van der Waals surface area contributed by atoms with E-state index in [1.54, 1.807) is 18.2 Å². The molecule has 6 heteroatoms. The molecule has 0 saturated heterocycles. The van der Waals surface area contributed by atoms with Crippen molar-refractivity contribution in [2.75, 3.05) is 26.0 Å². The van der Waals surface area contributed by atoms with Crippen LogP contribution in [-0.4, -0.2) is 31.5 Å². The molecule has 0 aliphatic heterocycles. The molecule has 0 bridgehead atoms. The summed E-state index contributed by atoms with van der Waals surface area (Å²) in [6, 6.07) is 5.01. The molecule has 6 nitrogen and oxygen atoms in total. The number of amides is 1. The zero-order chi connectivity index (χ0) is 12.0. The Hall–Kier alpha value is -2.11. The Morgan fingerprint density at radius 3 is 2.88 bits per heavy atom. The highest BCUT2D eigenvalue weighted by Gasteiger charge is 2.04. The SMILES string of the molecule is COc1ccc(N)cc1OCCNC(=O)O. The van der Waals surface area contributed by atoms with Gasteiger partial charge in [0.05, 0.1) is 13.7 Å². The lowest BCUT2D eigenvalue weighted by Gasteiger charge is -2.10. The molecule has 0 atom stereocenters. The van der Waals surface area contributed by atoms with Crippen LogP contribution >= 0.6 is 0 Å². The topological polar surface area (TPSA) is 93.8 Å². The third-order valence-electron chi connectivity index (χ3n) is 1.82. The van der Waals surface area contributed by atoms with E-state index in [9.17, 15) is 4.79 Å². The van der Waals surface area contributed by atoms with Crippen molar-refractivity contribution in [3.63, 3.8) is 0 Å². The maximum atomic E-state index is 10.2. The molecule has 0 aliphatic carbocycles. The molecule has 1 amide bonds. The first-order valence-electron chi connectivity index (χ1n) is 4.66. The van der Waals surface area contributed by atoms with E-state index in [1.165, 1.54) is 7.11 Å². The average molecular weight is 226 g/mol. The summed E-state index contributed by atoms with van der Waals surface area (Å²) >= 11 is 0. The van der Waals surface area contributed by atoms with Crippen molar-refractivity contribution in [1.82, 2.24) is 5.32 Å². The lowest BCUT2D eigenvalue weighted by atomic mass is 10.3. The minimum atomic E-state index is -1.08. The summed E-state index contributed by atoms with van der Waals surface area (Å²) in [5.74, 6) is 1.05. The van der Waals surface area contributed by atoms with Gasteiger partial charge in [-0.15, -0.1) is 0 Å². The highest BCUT2D eigenvalue weighted by Crippen LogP contribution is 2.28. The second-order valence-corrected chi connectivity index (χ2v) is 2.99. The fourth-order valence-corrected chi connectivity index (χ4v) is 1.13. The molecule has 0 aromatic heterocycles. The lowest BCUT2D eigenvalue weighted by Crippen LogP contribution is -2.26. The molecule has 0 aliphatic rings. The summed E-state index contributed by atoms with van der Waals surface area (Å²) in [6.45, 7) is 0.416. The van der Waals surface area contributed by atoms with Crippen molar-refractivity contribution in [3.8, 4) is 11.5 Å². The summed E-state index contributed by atoms with van der Waals surface area (Å²) in [5.41, 5.74) is 6.15. The van der Waals surface area contributed by atoms with Gasteiger partial charge in [0, 0.05) is 11.8 Å². The molecule has 88 valence electrons. The van der Waals surface area contributed by atoms with Crippen LogP contribution in [-0.2, 0) is 0 Å². The molecule has 0 saturated carbocycles. The summed E-state index contributed by atoms with van der Waals surface area (Å²) < 4.78 is 10.4. The van der Waals surface area contributed by atoms with E-state index >= 15 is 0 Å². The lowest BCUT2D eigenvalue weighted by molar-refractivity contribution is 0.191. The van der Waals surface area contributed by atoms with Crippen molar-refractivity contribution < 1.29 is 19.4 Å². The minimum Gasteiger partial charge on any atom is -0.493 e. The van der Waals surface area contributed by atoms with Gasteiger partial charge in [0.1, 0.15) is 6.61 Å². The number of ether oxygens (including phenoxy) is 2. The van der Waals surface area contributed by atoms with Gasteiger partial charge >= 0.3 is 6.09 Å². The second kappa shape index (κ2) is 5.69. The number of rotatable bonds is 5. The second-order valence-electron chi connectivity index (χ2n) is 2.99. The van der Waals surface area contributed by atoms with E-state index < -0.39 is 6.09 Å². The van der Waals surface area contributed by atoms with Crippen LogP contribution in [0.3, 0.4) is 0 Å². The summed E-state index contributed by atoms with van der Waals surface area (Å²) in [7, 11) is 1.52. The first-order chi connectivity index (χ1) is 7.63. The Balaban J connectivity index is 2.51. The van der Waals surface area contributed by atoms with Crippen LogP contribution in [0.5, 0.6) is 11.5 Å². The van der Waals surface area contributed by atoms with Crippen LogP contribution in [0.1, 0.15) is 0 Å². The van der Waals surface area contributed by atoms with Crippen molar-refractivity contribution >= 4 is 11.8 Å². The van der Waals surface area contributed by atoms with Gasteiger partial charge in [0.2, 0.25) is 0 Å². The predicted octanol–water partition coefficient (Wildman–Crippen LogP) is 0.924. The third-order valence-corrected chi connectivity index (χ3v) is 1.82. The molecule has 1 rings (SSSR count). The van der Waals surface area contributed by atoms with Crippen LogP contribution in [0.2, 0.25) is 0 Å². The number of hydrogen-bond donors (Lipinski definition) is 3. The summed E-state index contributed by atoms with van der Waals surface area (Å²) in [4.78, 5) is 10.2. The van der Waals surface area contributed by atoms with E-state index in [4.69, 9.17) is 20.3 Å². The number of benzene rings is 1. The quantitative estimate of drug-likeness (QED) is 0.512. The Morgan fingerprint density at radius 1 is 1.50 bits per heavy atom. The minimum absolute atomic E-state index is 0.202. The van der Waals surface area contributed by atoms with Crippen LogP contribution in [0.25, 0.3) is 0 Å². The highest BCUT2D eigenvalue weighted by atomic mass is 16.5. The first kappa shape index (κ1) is 12.0.